The number of anilines is 1. The Hall–Kier alpha value is -2.73. The number of nitrogens with zero attached hydrogens (tertiary/aromatic N) is 2. The van der Waals surface area contributed by atoms with Crippen molar-refractivity contribution >= 4 is 17.5 Å². The molecule has 2 heterocycles. The van der Waals surface area contributed by atoms with Crippen molar-refractivity contribution in [2.75, 3.05) is 11.4 Å². The molecule has 1 saturated carbocycles. The third-order valence-electron chi connectivity index (χ3n) is 7.07. The van der Waals surface area contributed by atoms with Crippen LogP contribution < -0.4 is 15.5 Å². The number of nitrogens with one attached hydrogen (secondary N) is 2. The lowest BCUT2D eigenvalue weighted by Gasteiger charge is -2.35. The summed E-state index contributed by atoms with van der Waals surface area (Å²) in [6.07, 6.45) is 10.6. The molecule has 182 valence electrons. The first kappa shape index (κ1) is 24.4. The molecule has 0 radical (unpaired) electrons. The lowest BCUT2D eigenvalue weighted by atomic mass is 9.87. The first-order valence-corrected chi connectivity index (χ1v) is 12.7. The summed E-state index contributed by atoms with van der Waals surface area (Å²) in [6.45, 7) is 7.33. The number of aromatic nitrogens is 1. The van der Waals surface area contributed by atoms with E-state index < -0.39 is 6.04 Å². The predicted octanol–water partition coefficient (Wildman–Crippen LogP) is 4.65. The molecule has 2 aromatic rings. The fourth-order valence-corrected chi connectivity index (χ4v) is 5.07. The van der Waals surface area contributed by atoms with Gasteiger partial charge in [0.15, 0.2) is 0 Å². The van der Waals surface area contributed by atoms with E-state index in [1.807, 2.05) is 24.3 Å². The number of benzene rings is 1. The number of carbonyl (C=O) groups excluding carboxylic acids is 2. The van der Waals surface area contributed by atoms with Gasteiger partial charge in [0.1, 0.15) is 6.04 Å². The maximum absolute atomic E-state index is 13.9. The first-order chi connectivity index (χ1) is 16.3. The van der Waals surface area contributed by atoms with Gasteiger partial charge < -0.3 is 10.6 Å². The number of hydrogen-bond donors (Lipinski definition) is 2. The molecule has 0 bridgehead atoms. The molecule has 2 atom stereocenters. The lowest BCUT2D eigenvalue weighted by Crippen LogP contribution is -2.51. The quantitative estimate of drug-likeness (QED) is 0.655. The van der Waals surface area contributed by atoms with Crippen LogP contribution in [0.3, 0.4) is 0 Å². The van der Waals surface area contributed by atoms with Crippen LogP contribution in [0, 0.1) is 0 Å². The summed E-state index contributed by atoms with van der Waals surface area (Å²) in [4.78, 5) is 33.7. The average Bonchev–Trinajstić information content (AvgIpc) is 3.38. The zero-order valence-electron chi connectivity index (χ0n) is 20.7. The summed E-state index contributed by atoms with van der Waals surface area (Å²) >= 11 is 0. The Bertz CT molecular complexity index is 956. The van der Waals surface area contributed by atoms with Crippen molar-refractivity contribution < 1.29 is 9.59 Å². The number of pyridine rings is 1. The molecule has 2 aliphatic rings. The SMILES string of the molecule is CC(C)(C)c1ccc(N(C(=O)[C@H]2CCCN2)[C@H](C(=O)NC2CCCCC2)c2cccnc2)cc1. The zero-order chi connectivity index (χ0) is 24.1. The van der Waals surface area contributed by atoms with E-state index in [0.717, 1.165) is 56.3 Å². The highest BCUT2D eigenvalue weighted by Gasteiger charge is 2.38. The van der Waals surface area contributed by atoms with Gasteiger partial charge in [0, 0.05) is 29.7 Å². The van der Waals surface area contributed by atoms with E-state index in [1.54, 1.807) is 17.3 Å². The van der Waals surface area contributed by atoms with Crippen molar-refractivity contribution in [3.8, 4) is 0 Å². The van der Waals surface area contributed by atoms with Crippen molar-refractivity contribution in [2.45, 2.75) is 89.3 Å². The molecule has 6 nitrogen and oxygen atoms in total. The second-order valence-electron chi connectivity index (χ2n) is 10.7. The lowest BCUT2D eigenvalue weighted by molar-refractivity contribution is -0.128. The third-order valence-corrected chi connectivity index (χ3v) is 7.07. The predicted molar refractivity (Wildman–Crippen MR) is 136 cm³/mol. The molecule has 2 N–H and O–H groups in total. The molecule has 1 saturated heterocycles. The number of amides is 2. The molecule has 6 heteroatoms. The Morgan fingerprint density at radius 1 is 1.03 bits per heavy atom. The Kier molecular flexibility index (Phi) is 7.67. The Balaban J connectivity index is 1.73. The molecule has 0 unspecified atom stereocenters. The van der Waals surface area contributed by atoms with E-state index in [-0.39, 0.29) is 29.3 Å². The van der Waals surface area contributed by atoms with Crippen LogP contribution in [0.25, 0.3) is 0 Å². The van der Waals surface area contributed by atoms with Gasteiger partial charge >= 0.3 is 0 Å². The van der Waals surface area contributed by atoms with Crippen LogP contribution in [-0.2, 0) is 15.0 Å². The molecular formula is C28H38N4O2. The first-order valence-electron chi connectivity index (χ1n) is 12.7. The van der Waals surface area contributed by atoms with E-state index in [2.05, 4.69) is 48.5 Å². The fourth-order valence-electron chi connectivity index (χ4n) is 5.07. The summed E-state index contributed by atoms with van der Waals surface area (Å²) in [5.74, 6) is -0.195. The topological polar surface area (TPSA) is 74.3 Å². The summed E-state index contributed by atoms with van der Waals surface area (Å²) < 4.78 is 0. The van der Waals surface area contributed by atoms with Crippen LogP contribution in [0.15, 0.2) is 48.8 Å². The van der Waals surface area contributed by atoms with Gasteiger partial charge in [-0.2, -0.15) is 0 Å². The van der Waals surface area contributed by atoms with E-state index >= 15 is 0 Å². The monoisotopic (exact) mass is 462 g/mol. The summed E-state index contributed by atoms with van der Waals surface area (Å²) in [5, 5.41) is 6.60. The average molecular weight is 463 g/mol. The molecule has 1 aromatic carbocycles. The minimum atomic E-state index is -0.772. The van der Waals surface area contributed by atoms with E-state index in [9.17, 15) is 9.59 Å². The summed E-state index contributed by atoms with van der Waals surface area (Å²) in [5.41, 5.74) is 2.65. The van der Waals surface area contributed by atoms with E-state index in [4.69, 9.17) is 0 Å². The van der Waals surface area contributed by atoms with Crippen LogP contribution in [0.1, 0.15) is 82.9 Å². The normalized spacial score (nSPS) is 20.0. The van der Waals surface area contributed by atoms with Crippen LogP contribution in [0.5, 0.6) is 0 Å². The van der Waals surface area contributed by atoms with Gasteiger partial charge in [-0.1, -0.05) is 58.2 Å². The number of hydrogen-bond acceptors (Lipinski definition) is 4. The van der Waals surface area contributed by atoms with Crippen molar-refractivity contribution in [1.82, 2.24) is 15.6 Å². The minimum absolute atomic E-state index is 0.00147. The largest absolute Gasteiger partial charge is 0.351 e. The van der Waals surface area contributed by atoms with E-state index in [1.165, 1.54) is 12.0 Å². The van der Waals surface area contributed by atoms with Gasteiger partial charge in [-0.05, 0) is 61.4 Å². The van der Waals surface area contributed by atoms with Crippen molar-refractivity contribution in [3.63, 3.8) is 0 Å². The Labute approximate surface area is 203 Å². The summed E-state index contributed by atoms with van der Waals surface area (Å²) in [7, 11) is 0. The van der Waals surface area contributed by atoms with Gasteiger partial charge in [0.25, 0.3) is 0 Å². The highest BCUT2D eigenvalue weighted by Crippen LogP contribution is 2.32. The smallest absolute Gasteiger partial charge is 0.248 e. The molecular weight excluding hydrogens is 424 g/mol. The molecule has 0 spiro atoms. The Morgan fingerprint density at radius 3 is 2.35 bits per heavy atom. The number of carbonyl (C=O) groups is 2. The van der Waals surface area contributed by atoms with Gasteiger partial charge in [-0.15, -0.1) is 0 Å². The number of rotatable bonds is 6. The van der Waals surface area contributed by atoms with Crippen molar-refractivity contribution in [1.29, 1.82) is 0 Å². The van der Waals surface area contributed by atoms with Crippen molar-refractivity contribution in [2.24, 2.45) is 0 Å². The summed E-state index contributed by atoms with van der Waals surface area (Å²) in [6, 6.07) is 10.9. The standard InChI is InChI=1S/C28H38N4O2/c1-28(2,3)21-13-15-23(16-14-21)32(27(34)24-12-8-18-30-24)25(20-9-7-17-29-19-20)26(33)31-22-10-5-4-6-11-22/h7,9,13-17,19,22,24-25,30H,4-6,8,10-12,18H2,1-3H3,(H,31,33)/t24-,25+/m1/s1. The second kappa shape index (κ2) is 10.7. The fraction of sp³-hybridized carbons (Fsp3) is 0.536. The van der Waals surface area contributed by atoms with Gasteiger partial charge in [0.05, 0.1) is 6.04 Å². The van der Waals surface area contributed by atoms with Crippen LogP contribution in [0.4, 0.5) is 5.69 Å². The molecule has 1 aromatic heterocycles. The van der Waals surface area contributed by atoms with Crippen LogP contribution >= 0.6 is 0 Å². The van der Waals surface area contributed by atoms with Gasteiger partial charge in [0.2, 0.25) is 11.8 Å². The van der Waals surface area contributed by atoms with Gasteiger partial charge in [-0.3, -0.25) is 19.5 Å². The minimum Gasteiger partial charge on any atom is -0.351 e. The zero-order valence-corrected chi connectivity index (χ0v) is 20.7. The molecule has 1 aliphatic heterocycles. The Morgan fingerprint density at radius 2 is 1.76 bits per heavy atom. The second-order valence-corrected chi connectivity index (χ2v) is 10.7. The highest BCUT2D eigenvalue weighted by atomic mass is 16.2. The molecule has 2 fully saturated rings. The maximum Gasteiger partial charge on any atom is 0.248 e. The molecule has 2 amide bonds. The maximum atomic E-state index is 13.9. The molecule has 1 aliphatic carbocycles. The highest BCUT2D eigenvalue weighted by molar-refractivity contribution is 6.03. The van der Waals surface area contributed by atoms with E-state index in [0.29, 0.717) is 0 Å². The van der Waals surface area contributed by atoms with Crippen molar-refractivity contribution in [3.05, 3.63) is 59.9 Å². The van der Waals surface area contributed by atoms with Crippen LogP contribution in [0.2, 0.25) is 0 Å². The van der Waals surface area contributed by atoms with Gasteiger partial charge in [-0.25, -0.2) is 0 Å². The molecule has 34 heavy (non-hydrogen) atoms. The third kappa shape index (κ3) is 5.66. The molecule has 4 rings (SSSR count). The van der Waals surface area contributed by atoms with Crippen LogP contribution in [-0.4, -0.2) is 35.4 Å².